The highest BCUT2D eigenvalue weighted by molar-refractivity contribution is 5.29. The SMILES string of the molecule is CCNc1nc(C)cn1C1CCOC1C. The van der Waals surface area contributed by atoms with Gasteiger partial charge in [-0.3, -0.25) is 0 Å². The first-order chi connectivity index (χ1) is 7.22. The average Bonchev–Trinajstić information content (AvgIpc) is 2.73. The third kappa shape index (κ3) is 2.00. The van der Waals surface area contributed by atoms with Crippen molar-refractivity contribution >= 4 is 5.95 Å². The van der Waals surface area contributed by atoms with Crippen molar-refractivity contribution in [3.8, 4) is 0 Å². The molecule has 0 radical (unpaired) electrons. The summed E-state index contributed by atoms with van der Waals surface area (Å²) in [7, 11) is 0. The molecule has 1 aliphatic rings. The fourth-order valence-corrected chi connectivity index (χ4v) is 2.14. The molecule has 0 saturated carbocycles. The number of aryl methyl sites for hydroxylation is 1. The van der Waals surface area contributed by atoms with Crippen LogP contribution >= 0.6 is 0 Å². The van der Waals surface area contributed by atoms with Crippen LogP contribution in [0.2, 0.25) is 0 Å². The van der Waals surface area contributed by atoms with Crippen LogP contribution in [-0.4, -0.2) is 28.8 Å². The molecule has 0 aliphatic carbocycles. The summed E-state index contributed by atoms with van der Waals surface area (Å²) in [6, 6.07) is 0.431. The normalized spacial score (nSPS) is 25.8. The number of ether oxygens (including phenoxy) is 1. The molecule has 15 heavy (non-hydrogen) atoms. The molecular formula is C11H19N3O. The summed E-state index contributed by atoms with van der Waals surface area (Å²) in [5, 5.41) is 3.29. The lowest BCUT2D eigenvalue weighted by Crippen LogP contribution is -2.18. The summed E-state index contributed by atoms with van der Waals surface area (Å²) in [6.07, 6.45) is 3.47. The van der Waals surface area contributed by atoms with E-state index in [9.17, 15) is 0 Å². The zero-order valence-corrected chi connectivity index (χ0v) is 9.66. The van der Waals surface area contributed by atoms with E-state index in [0.29, 0.717) is 6.04 Å². The highest BCUT2D eigenvalue weighted by Crippen LogP contribution is 2.28. The summed E-state index contributed by atoms with van der Waals surface area (Å²) in [5.74, 6) is 0.970. The van der Waals surface area contributed by atoms with E-state index in [2.05, 4.69) is 34.9 Å². The number of hydrogen-bond acceptors (Lipinski definition) is 3. The molecule has 4 nitrogen and oxygen atoms in total. The molecule has 2 rings (SSSR count). The fourth-order valence-electron chi connectivity index (χ4n) is 2.14. The summed E-state index contributed by atoms with van der Waals surface area (Å²) in [5.41, 5.74) is 1.06. The Kier molecular flexibility index (Phi) is 2.95. The van der Waals surface area contributed by atoms with Crippen LogP contribution in [0.15, 0.2) is 6.20 Å². The van der Waals surface area contributed by atoms with E-state index < -0.39 is 0 Å². The molecule has 1 aromatic heterocycles. The zero-order valence-electron chi connectivity index (χ0n) is 9.66. The minimum Gasteiger partial charge on any atom is -0.376 e. The number of rotatable bonds is 3. The maximum absolute atomic E-state index is 5.59. The molecule has 1 saturated heterocycles. The Morgan fingerprint density at radius 2 is 2.47 bits per heavy atom. The molecule has 1 aliphatic heterocycles. The van der Waals surface area contributed by atoms with Gasteiger partial charge in [-0.1, -0.05) is 0 Å². The highest BCUT2D eigenvalue weighted by atomic mass is 16.5. The Labute approximate surface area is 90.6 Å². The molecule has 4 heteroatoms. The third-order valence-electron chi connectivity index (χ3n) is 2.88. The van der Waals surface area contributed by atoms with Crippen molar-refractivity contribution in [3.63, 3.8) is 0 Å². The minimum absolute atomic E-state index is 0.288. The quantitative estimate of drug-likeness (QED) is 0.827. The second-order valence-electron chi connectivity index (χ2n) is 4.08. The van der Waals surface area contributed by atoms with Crippen LogP contribution in [0.1, 0.15) is 32.0 Å². The van der Waals surface area contributed by atoms with E-state index >= 15 is 0 Å². The van der Waals surface area contributed by atoms with Crippen LogP contribution in [0.5, 0.6) is 0 Å². The number of aromatic nitrogens is 2. The molecule has 0 spiro atoms. The first-order valence-electron chi connectivity index (χ1n) is 5.63. The van der Waals surface area contributed by atoms with Gasteiger partial charge in [0, 0.05) is 19.3 Å². The molecule has 1 N–H and O–H groups in total. The van der Waals surface area contributed by atoms with E-state index in [1.807, 2.05) is 6.92 Å². The van der Waals surface area contributed by atoms with Crippen molar-refractivity contribution in [2.24, 2.45) is 0 Å². The van der Waals surface area contributed by atoms with Crippen molar-refractivity contribution in [2.75, 3.05) is 18.5 Å². The largest absolute Gasteiger partial charge is 0.376 e. The van der Waals surface area contributed by atoms with E-state index in [1.54, 1.807) is 0 Å². The molecule has 84 valence electrons. The Bertz CT molecular complexity index is 335. The molecule has 2 unspecified atom stereocenters. The van der Waals surface area contributed by atoms with E-state index in [0.717, 1.165) is 31.2 Å². The lowest BCUT2D eigenvalue weighted by Gasteiger charge is -2.18. The lowest BCUT2D eigenvalue weighted by molar-refractivity contribution is 0.108. The molecule has 0 aromatic carbocycles. The van der Waals surface area contributed by atoms with Crippen molar-refractivity contribution < 1.29 is 4.74 Å². The smallest absolute Gasteiger partial charge is 0.203 e. The van der Waals surface area contributed by atoms with Crippen molar-refractivity contribution in [3.05, 3.63) is 11.9 Å². The van der Waals surface area contributed by atoms with Crippen LogP contribution in [-0.2, 0) is 4.74 Å². The van der Waals surface area contributed by atoms with Gasteiger partial charge in [0.1, 0.15) is 0 Å². The van der Waals surface area contributed by atoms with Gasteiger partial charge >= 0.3 is 0 Å². The molecular weight excluding hydrogens is 190 g/mol. The molecule has 2 heterocycles. The predicted molar refractivity (Wildman–Crippen MR) is 60.2 cm³/mol. The zero-order chi connectivity index (χ0) is 10.8. The van der Waals surface area contributed by atoms with Gasteiger partial charge in [0.05, 0.1) is 17.8 Å². The Morgan fingerprint density at radius 3 is 3.07 bits per heavy atom. The van der Waals surface area contributed by atoms with Crippen LogP contribution in [0.3, 0.4) is 0 Å². The number of anilines is 1. The van der Waals surface area contributed by atoms with E-state index in [-0.39, 0.29) is 6.10 Å². The number of hydrogen-bond donors (Lipinski definition) is 1. The maximum atomic E-state index is 5.59. The van der Waals surface area contributed by atoms with Gasteiger partial charge < -0.3 is 14.6 Å². The predicted octanol–water partition coefficient (Wildman–Crippen LogP) is 1.97. The van der Waals surface area contributed by atoms with Gasteiger partial charge in [-0.05, 0) is 27.2 Å². The summed E-state index contributed by atoms with van der Waals surface area (Å²) in [6.45, 7) is 8.00. The Balaban J connectivity index is 2.25. The first-order valence-corrected chi connectivity index (χ1v) is 5.63. The molecule has 1 aromatic rings. The number of imidazole rings is 1. The second-order valence-corrected chi connectivity index (χ2v) is 4.08. The summed E-state index contributed by atoms with van der Waals surface area (Å²) >= 11 is 0. The van der Waals surface area contributed by atoms with E-state index in [4.69, 9.17) is 4.74 Å². The monoisotopic (exact) mass is 209 g/mol. The average molecular weight is 209 g/mol. The topological polar surface area (TPSA) is 39.1 Å². The number of nitrogens with one attached hydrogen (secondary N) is 1. The van der Waals surface area contributed by atoms with Gasteiger partial charge in [0.15, 0.2) is 0 Å². The van der Waals surface area contributed by atoms with Crippen LogP contribution in [0, 0.1) is 6.92 Å². The van der Waals surface area contributed by atoms with Crippen LogP contribution < -0.4 is 5.32 Å². The van der Waals surface area contributed by atoms with Crippen molar-refractivity contribution in [1.82, 2.24) is 9.55 Å². The molecule has 0 bridgehead atoms. The highest BCUT2D eigenvalue weighted by Gasteiger charge is 2.27. The first kappa shape index (κ1) is 10.5. The van der Waals surface area contributed by atoms with Gasteiger partial charge in [-0.2, -0.15) is 0 Å². The molecule has 1 fully saturated rings. The van der Waals surface area contributed by atoms with Gasteiger partial charge in [-0.15, -0.1) is 0 Å². The second kappa shape index (κ2) is 4.23. The van der Waals surface area contributed by atoms with Gasteiger partial charge in [0.2, 0.25) is 5.95 Å². The van der Waals surface area contributed by atoms with Gasteiger partial charge in [0.25, 0.3) is 0 Å². The van der Waals surface area contributed by atoms with E-state index in [1.165, 1.54) is 0 Å². The fraction of sp³-hybridized carbons (Fsp3) is 0.727. The molecule has 2 atom stereocenters. The number of nitrogens with zero attached hydrogens (tertiary/aromatic N) is 2. The third-order valence-corrected chi connectivity index (χ3v) is 2.88. The van der Waals surface area contributed by atoms with Crippen molar-refractivity contribution in [1.29, 1.82) is 0 Å². The minimum atomic E-state index is 0.288. The van der Waals surface area contributed by atoms with Crippen LogP contribution in [0.4, 0.5) is 5.95 Å². The summed E-state index contributed by atoms with van der Waals surface area (Å²) < 4.78 is 7.80. The maximum Gasteiger partial charge on any atom is 0.203 e. The molecule has 0 amide bonds. The van der Waals surface area contributed by atoms with Crippen LogP contribution in [0.25, 0.3) is 0 Å². The Morgan fingerprint density at radius 1 is 1.67 bits per heavy atom. The lowest BCUT2D eigenvalue weighted by atomic mass is 10.1. The Hall–Kier alpha value is -1.03. The standard InChI is InChI=1S/C11H19N3O/c1-4-12-11-13-8(2)7-14(11)10-5-6-15-9(10)3/h7,9-10H,4-6H2,1-3H3,(H,12,13). The van der Waals surface area contributed by atoms with Crippen molar-refractivity contribution in [2.45, 2.75) is 39.3 Å². The summed E-state index contributed by atoms with van der Waals surface area (Å²) in [4.78, 5) is 4.48. The van der Waals surface area contributed by atoms with Gasteiger partial charge in [-0.25, -0.2) is 4.98 Å².